The highest BCUT2D eigenvalue weighted by Gasteiger charge is 2.09. The summed E-state index contributed by atoms with van der Waals surface area (Å²) < 4.78 is 0. The molecule has 0 aromatic rings. The van der Waals surface area contributed by atoms with Gasteiger partial charge in [0.1, 0.15) is 0 Å². The van der Waals surface area contributed by atoms with Crippen molar-refractivity contribution in [1.29, 1.82) is 0 Å². The molecular weight excluding hydrogens is 136 g/mol. The summed E-state index contributed by atoms with van der Waals surface area (Å²) in [7, 11) is -0.949. The van der Waals surface area contributed by atoms with E-state index in [9.17, 15) is 0 Å². The minimum atomic E-state index is -0.949. The van der Waals surface area contributed by atoms with Gasteiger partial charge in [0, 0.05) is 6.04 Å². The predicted octanol–water partition coefficient (Wildman–Crippen LogP) is 2.35. The molecule has 0 aliphatic carbocycles. The third-order valence-electron chi connectivity index (χ3n) is 0.895. The maximum atomic E-state index is 3.06. The molecule has 0 saturated carbocycles. The van der Waals surface area contributed by atoms with E-state index in [1.54, 1.807) is 0 Å². The van der Waals surface area contributed by atoms with Gasteiger partial charge in [-0.1, -0.05) is 31.5 Å². The minimum Gasteiger partial charge on any atom is -0.0925 e. The molecule has 0 aromatic carbocycles. The second-order valence-electron chi connectivity index (χ2n) is 3.41. The van der Waals surface area contributed by atoms with Gasteiger partial charge in [-0.05, 0) is 18.8 Å². The highest BCUT2D eigenvalue weighted by Crippen LogP contribution is 2.05. The molecule has 0 N–H and O–H groups in total. The van der Waals surface area contributed by atoms with E-state index in [0.717, 1.165) is 6.04 Å². The highest BCUT2D eigenvalue weighted by molar-refractivity contribution is 6.76. The summed E-state index contributed by atoms with van der Waals surface area (Å²) >= 11 is 0. The number of hydrogen-bond acceptors (Lipinski definition) is 0. The molecule has 54 valence electrons. The van der Waals surface area contributed by atoms with Crippen LogP contribution in [0, 0.1) is 23.7 Å². The van der Waals surface area contributed by atoms with Crippen LogP contribution in [0.1, 0.15) is 6.92 Å². The van der Waals surface area contributed by atoms with Gasteiger partial charge in [0.05, 0.1) is 8.07 Å². The first-order chi connectivity index (χ1) is 4.56. The standard InChI is InChI=1S/C9H14Si/c1-5-6-7-8-9-10(2,3)4/h9H2,1-4H3. The fourth-order valence-corrected chi connectivity index (χ4v) is 1.03. The lowest BCUT2D eigenvalue weighted by Gasteiger charge is -2.08. The minimum absolute atomic E-state index is 0.949. The first kappa shape index (κ1) is 9.34. The van der Waals surface area contributed by atoms with Gasteiger partial charge in [-0.3, -0.25) is 0 Å². The molecule has 0 radical (unpaired) electrons. The van der Waals surface area contributed by atoms with Crippen LogP contribution in [-0.2, 0) is 0 Å². The third-order valence-corrected chi connectivity index (χ3v) is 2.13. The van der Waals surface area contributed by atoms with Crippen LogP contribution in [0.5, 0.6) is 0 Å². The van der Waals surface area contributed by atoms with Crippen molar-refractivity contribution >= 4 is 8.07 Å². The lowest BCUT2D eigenvalue weighted by Crippen LogP contribution is -2.17. The Morgan fingerprint density at radius 1 is 1.10 bits per heavy atom. The smallest absolute Gasteiger partial charge is 0.0574 e. The Labute approximate surface area is 65.0 Å². The van der Waals surface area contributed by atoms with Gasteiger partial charge in [-0.25, -0.2) is 0 Å². The van der Waals surface area contributed by atoms with E-state index in [0.29, 0.717) is 0 Å². The first-order valence-corrected chi connectivity index (χ1v) is 7.16. The summed E-state index contributed by atoms with van der Waals surface area (Å²) in [6.45, 7) is 8.73. The maximum absolute atomic E-state index is 3.06. The Morgan fingerprint density at radius 3 is 2.10 bits per heavy atom. The molecule has 10 heavy (non-hydrogen) atoms. The van der Waals surface area contributed by atoms with E-state index in [2.05, 4.69) is 43.3 Å². The summed E-state index contributed by atoms with van der Waals surface area (Å²) in [6.07, 6.45) is 0. The zero-order chi connectivity index (χ0) is 8.04. The molecule has 0 saturated heterocycles. The van der Waals surface area contributed by atoms with Crippen LogP contribution < -0.4 is 0 Å². The number of rotatable bonds is 1. The van der Waals surface area contributed by atoms with Crippen LogP contribution in [0.2, 0.25) is 25.7 Å². The average Bonchev–Trinajstić information content (AvgIpc) is 1.78. The normalized spacial score (nSPS) is 8.80. The molecule has 0 aliphatic rings. The van der Waals surface area contributed by atoms with Crippen molar-refractivity contribution in [3.8, 4) is 23.7 Å². The Balaban J connectivity index is 3.74. The van der Waals surface area contributed by atoms with Crippen molar-refractivity contribution < 1.29 is 0 Å². The molecule has 0 nitrogen and oxygen atoms in total. The van der Waals surface area contributed by atoms with E-state index in [-0.39, 0.29) is 0 Å². The van der Waals surface area contributed by atoms with Gasteiger partial charge in [-0.2, -0.15) is 0 Å². The van der Waals surface area contributed by atoms with Crippen LogP contribution in [0.4, 0.5) is 0 Å². The first-order valence-electron chi connectivity index (χ1n) is 3.46. The lowest BCUT2D eigenvalue weighted by molar-refractivity contribution is 1.57. The van der Waals surface area contributed by atoms with Gasteiger partial charge < -0.3 is 0 Å². The van der Waals surface area contributed by atoms with Gasteiger partial charge in [-0.15, -0.1) is 0 Å². The second-order valence-corrected chi connectivity index (χ2v) is 8.89. The summed E-state index contributed by atoms with van der Waals surface area (Å²) in [5, 5.41) is 0. The summed E-state index contributed by atoms with van der Waals surface area (Å²) in [4.78, 5) is 0. The molecule has 0 rings (SSSR count). The van der Waals surface area contributed by atoms with Crippen molar-refractivity contribution in [2.45, 2.75) is 32.6 Å². The average molecular weight is 150 g/mol. The van der Waals surface area contributed by atoms with Crippen molar-refractivity contribution in [2.75, 3.05) is 0 Å². The molecule has 0 aromatic heterocycles. The lowest BCUT2D eigenvalue weighted by atomic mass is 10.6. The summed E-state index contributed by atoms with van der Waals surface area (Å²) in [5.74, 6) is 11.4. The zero-order valence-corrected chi connectivity index (χ0v) is 8.21. The molecule has 0 bridgehead atoms. The van der Waals surface area contributed by atoms with Crippen molar-refractivity contribution in [1.82, 2.24) is 0 Å². The van der Waals surface area contributed by atoms with Gasteiger partial charge in [0.2, 0.25) is 0 Å². The second kappa shape index (κ2) is 4.20. The maximum Gasteiger partial charge on any atom is 0.0574 e. The van der Waals surface area contributed by atoms with Crippen LogP contribution in [0.25, 0.3) is 0 Å². The van der Waals surface area contributed by atoms with Crippen LogP contribution in [-0.4, -0.2) is 8.07 Å². The highest BCUT2D eigenvalue weighted by atomic mass is 28.3. The zero-order valence-electron chi connectivity index (χ0n) is 7.21. The molecule has 0 fully saturated rings. The van der Waals surface area contributed by atoms with Gasteiger partial charge >= 0.3 is 0 Å². The van der Waals surface area contributed by atoms with Gasteiger partial charge in [0.25, 0.3) is 0 Å². The Morgan fingerprint density at radius 2 is 1.70 bits per heavy atom. The van der Waals surface area contributed by atoms with Crippen LogP contribution in [0.3, 0.4) is 0 Å². The fraction of sp³-hybridized carbons (Fsp3) is 0.556. The molecule has 0 atom stereocenters. The van der Waals surface area contributed by atoms with E-state index in [1.807, 2.05) is 6.92 Å². The summed E-state index contributed by atoms with van der Waals surface area (Å²) in [5.41, 5.74) is 0. The Bertz CT molecular complexity index is 199. The molecule has 0 aliphatic heterocycles. The fourth-order valence-electron chi connectivity index (χ4n) is 0.416. The number of hydrogen-bond donors (Lipinski definition) is 0. The van der Waals surface area contributed by atoms with Crippen LogP contribution in [0.15, 0.2) is 0 Å². The molecule has 0 amide bonds. The SMILES string of the molecule is CC#CC#CC[Si](C)(C)C. The largest absolute Gasteiger partial charge is 0.0925 e. The third kappa shape index (κ3) is 7.34. The molecular formula is C9H14Si. The van der Waals surface area contributed by atoms with E-state index in [4.69, 9.17) is 0 Å². The van der Waals surface area contributed by atoms with E-state index >= 15 is 0 Å². The van der Waals surface area contributed by atoms with E-state index < -0.39 is 8.07 Å². The predicted molar refractivity (Wildman–Crippen MR) is 49.4 cm³/mol. The van der Waals surface area contributed by atoms with Crippen LogP contribution >= 0.6 is 0 Å². The van der Waals surface area contributed by atoms with Gasteiger partial charge in [0.15, 0.2) is 0 Å². The molecule has 0 unspecified atom stereocenters. The topological polar surface area (TPSA) is 0 Å². The van der Waals surface area contributed by atoms with Crippen molar-refractivity contribution in [3.63, 3.8) is 0 Å². The van der Waals surface area contributed by atoms with Crippen molar-refractivity contribution in [2.24, 2.45) is 0 Å². The van der Waals surface area contributed by atoms with Crippen molar-refractivity contribution in [3.05, 3.63) is 0 Å². The van der Waals surface area contributed by atoms with E-state index in [1.165, 1.54) is 0 Å². The molecule has 0 spiro atoms. The summed E-state index contributed by atoms with van der Waals surface area (Å²) in [6, 6.07) is 1.06. The molecule has 1 heteroatoms. The Kier molecular flexibility index (Phi) is 3.92. The quantitative estimate of drug-likeness (QED) is 0.397. The Hall–Kier alpha value is -0.663. The monoisotopic (exact) mass is 150 g/mol. The molecule has 0 heterocycles.